The summed E-state index contributed by atoms with van der Waals surface area (Å²) >= 11 is 0. The highest BCUT2D eigenvalue weighted by Gasteiger charge is 2.45. The molecule has 0 radical (unpaired) electrons. The van der Waals surface area contributed by atoms with E-state index in [4.69, 9.17) is 9.47 Å². The summed E-state index contributed by atoms with van der Waals surface area (Å²) in [7, 11) is 3.29. The van der Waals surface area contributed by atoms with E-state index < -0.39 is 0 Å². The lowest BCUT2D eigenvalue weighted by atomic mass is 9.95. The lowest BCUT2D eigenvalue weighted by Gasteiger charge is -2.25. The molecule has 2 amide bonds. The number of carbonyl (C=O) groups is 1. The van der Waals surface area contributed by atoms with E-state index in [9.17, 15) is 4.79 Å². The number of methoxy groups -OCH3 is 2. The average molecular weight is 366 g/mol. The lowest BCUT2D eigenvalue weighted by Crippen LogP contribution is -2.45. The van der Waals surface area contributed by atoms with Crippen LogP contribution < -0.4 is 19.7 Å². The largest absolute Gasteiger partial charge is 0.493 e. The van der Waals surface area contributed by atoms with Gasteiger partial charge in [0.2, 0.25) is 0 Å². The number of nitrogens with one attached hydrogen (secondary N) is 1. The maximum atomic E-state index is 12.9. The number of benzene rings is 2. The molecule has 1 aliphatic heterocycles. The number of amides is 2. The zero-order valence-corrected chi connectivity index (χ0v) is 16.1. The fourth-order valence-corrected chi connectivity index (χ4v) is 4.09. The first-order valence-electron chi connectivity index (χ1n) is 9.45. The Bertz CT molecular complexity index is 860. The van der Waals surface area contributed by atoms with Crippen LogP contribution in [0, 0.1) is 0 Å². The van der Waals surface area contributed by atoms with Gasteiger partial charge in [0.1, 0.15) is 0 Å². The number of nitrogens with zero attached hydrogens (tertiary/aromatic N) is 1. The molecular weight excluding hydrogens is 340 g/mol. The number of anilines is 1. The van der Waals surface area contributed by atoms with Crippen LogP contribution in [0.2, 0.25) is 0 Å². The molecular formula is C22H26N2O3. The minimum atomic E-state index is -0.0146. The van der Waals surface area contributed by atoms with Crippen LogP contribution in [-0.4, -0.2) is 32.8 Å². The van der Waals surface area contributed by atoms with Crippen molar-refractivity contribution in [1.29, 1.82) is 0 Å². The normalized spacial score (nSPS) is 19.4. The maximum Gasteiger partial charge on any atom is 0.322 e. The molecule has 1 fully saturated rings. The quantitative estimate of drug-likeness (QED) is 0.873. The zero-order chi connectivity index (χ0) is 19.0. The highest BCUT2D eigenvalue weighted by Crippen LogP contribution is 2.49. The first-order valence-corrected chi connectivity index (χ1v) is 9.45. The van der Waals surface area contributed by atoms with Crippen molar-refractivity contribution in [3.05, 3.63) is 53.6 Å². The van der Waals surface area contributed by atoms with Crippen molar-refractivity contribution >= 4 is 11.7 Å². The third-order valence-electron chi connectivity index (χ3n) is 5.85. The Labute approximate surface area is 160 Å². The molecule has 1 atom stereocenters. The van der Waals surface area contributed by atoms with Gasteiger partial charge in [-0.05, 0) is 55.5 Å². The number of ether oxygens (including phenoxy) is 2. The molecule has 27 heavy (non-hydrogen) atoms. The van der Waals surface area contributed by atoms with Gasteiger partial charge < -0.3 is 14.8 Å². The van der Waals surface area contributed by atoms with E-state index in [0.29, 0.717) is 6.54 Å². The molecule has 2 aromatic carbocycles. The van der Waals surface area contributed by atoms with Crippen LogP contribution >= 0.6 is 0 Å². The van der Waals surface area contributed by atoms with Gasteiger partial charge in [-0.25, -0.2) is 4.79 Å². The van der Waals surface area contributed by atoms with E-state index in [1.54, 1.807) is 14.2 Å². The number of hydrogen-bond acceptors (Lipinski definition) is 3. The van der Waals surface area contributed by atoms with Gasteiger partial charge in [-0.3, -0.25) is 4.90 Å². The molecule has 1 aliphatic carbocycles. The summed E-state index contributed by atoms with van der Waals surface area (Å²) in [5, 5.41) is 3.18. The summed E-state index contributed by atoms with van der Waals surface area (Å²) < 4.78 is 10.8. The van der Waals surface area contributed by atoms with Crippen molar-refractivity contribution < 1.29 is 14.3 Å². The predicted octanol–water partition coefficient (Wildman–Crippen LogP) is 3.90. The molecule has 2 aromatic rings. The minimum absolute atomic E-state index is 0.00229. The summed E-state index contributed by atoms with van der Waals surface area (Å²) in [6.45, 7) is 2.73. The molecule has 5 nitrogen and oxygen atoms in total. The molecule has 1 heterocycles. The highest BCUT2D eigenvalue weighted by molar-refractivity contribution is 5.95. The average Bonchev–Trinajstić information content (AvgIpc) is 3.41. The number of urea groups is 1. The van der Waals surface area contributed by atoms with E-state index in [0.717, 1.165) is 36.4 Å². The van der Waals surface area contributed by atoms with E-state index in [-0.39, 0.29) is 17.5 Å². The molecule has 0 spiro atoms. The Morgan fingerprint density at radius 2 is 1.89 bits per heavy atom. The zero-order valence-electron chi connectivity index (χ0n) is 16.1. The second-order valence-electron chi connectivity index (χ2n) is 7.56. The van der Waals surface area contributed by atoms with Crippen molar-refractivity contribution in [1.82, 2.24) is 5.32 Å². The second kappa shape index (κ2) is 6.80. The third-order valence-corrected chi connectivity index (χ3v) is 5.85. The number of hydrogen-bond donors (Lipinski definition) is 1. The maximum absolute atomic E-state index is 12.9. The number of rotatable bonds is 5. The topological polar surface area (TPSA) is 50.8 Å². The van der Waals surface area contributed by atoms with Gasteiger partial charge in [0.05, 0.1) is 14.2 Å². The van der Waals surface area contributed by atoms with E-state index in [2.05, 4.69) is 24.4 Å². The van der Waals surface area contributed by atoms with Crippen molar-refractivity contribution in [3.8, 4) is 11.5 Å². The van der Waals surface area contributed by atoms with Crippen molar-refractivity contribution in [2.45, 2.75) is 37.6 Å². The molecule has 2 aliphatic rings. The fourth-order valence-electron chi connectivity index (χ4n) is 4.09. The van der Waals surface area contributed by atoms with Crippen molar-refractivity contribution in [3.63, 3.8) is 0 Å². The SMILES string of the molecule is COc1ccc(C2(CNC(=O)N3c4ccccc4CC3C)CC2)cc1OC. The van der Waals surface area contributed by atoms with Gasteiger partial charge in [0.25, 0.3) is 0 Å². The van der Waals surface area contributed by atoms with Gasteiger partial charge >= 0.3 is 6.03 Å². The number of carbonyl (C=O) groups excluding carboxylic acids is 1. The smallest absolute Gasteiger partial charge is 0.322 e. The molecule has 1 saturated carbocycles. The molecule has 1 N–H and O–H groups in total. The first kappa shape index (κ1) is 17.7. The first-order chi connectivity index (χ1) is 13.1. The van der Waals surface area contributed by atoms with Crippen LogP contribution in [-0.2, 0) is 11.8 Å². The molecule has 4 rings (SSSR count). The summed E-state index contributed by atoms with van der Waals surface area (Å²) in [6.07, 6.45) is 3.04. The highest BCUT2D eigenvalue weighted by atomic mass is 16.5. The van der Waals surface area contributed by atoms with E-state index in [1.165, 1.54) is 11.1 Å². The molecule has 0 aromatic heterocycles. The molecule has 0 bridgehead atoms. The van der Waals surface area contributed by atoms with Crippen LogP contribution in [0.4, 0.5) is 10.5 Å². The number of fused-ring (bicyclic) bond motifs is 1. The summed E-state index contributed by atoms with van der Waals surface area (Å²) in [6, 6.07) is 14.4. The van der Waals surface area contributed by atoms with Gasteiger partial charge in [0.15, 0.2) is 11.5 Å². The van der Waals surface area contributed by atoms with Crippen molar-refractivity contribution in [2.75, 3.05) is 25.7 Å². The summed E-state index contributed by atoms with van der Waals surface area (Å²) in [4.78, 5) is 14.8. The Balaban J connectivity index is 1.48. The van der Waals surface area contributed by atoms with Crippen LogP contribution in [0.3, 0.4) is 0 Å². The molecule has 0 saturated heterocycles. The van der Waals surface area contributed by atoms with Gasteiger partial charge in [-0.2, -0.15) is 0 Å². The van der Waals surface area contributed by atoms with Gasteiger partial charge in [-0.15, -0.1) is 0 Å². The Kier molecular flexibility index (Phi) is 4.46. The molecule has 5 heteroatoms. The van der Waals surface area contributed by atoms with E-state index in [1.807, 2.05) is 35.2 Å². The fraction of sp³-hybridized carbons (Fsp3) is 0.409. The van der Waals surface area contributed by atoms with Crippen LogP contribution in [0.15, 0.2) is 42.5 Å². The van der Waals surface area contributed by atoms with Crippen LogP contribution in [0.25, 0.3) is 0 Å². The Morgan fingerprint density at radius 1 is 1.15 bits per heavy atom. The molecule has 1 unspecified atom stereocenters. The van der Waals surface area contributed by atoms with E-state index >= 15 is 0 Å². The van der Waals surface area contributed by atoms with Gasteiger partial charge in [-0.1, -0.05) is 24.3 Å². The Hall–Kier alpha value is -2.69. The molecule has 142 valence electrons. The van der Waals surface area contributed by atoms with Crippen LogP contribution in [0.5, 0.6) is 11.5 Å². The minimum Gasteiger partial charge on any atom is -0.493 e. The van der Waals surface area contributed by atoms with Crippen LogP contribution in [0.1, 0.15) is 30.9 Å². The lowest BCUT2D eigenvalue weighted by molar-refractivity contribution is 0.244. The third kappa shape index (κ3) is 3.11. The monoisotopic (exact) mass is 366 g/mol. The summed E-state index contributed by atoms with van der Waals surface area (Å²) in [5.74, 6) is 1.46. The summed E-state index contributed by atoms with van der Waals surface area (Å²) in [5.41, 5.74) is 3.45. The Morgan fingerprint density at radius 3 is 2.59 bits per heavy atom. The second-order valence-corrected chi connectivity index (χ2v) is 7.56. The van der Waals surface area contributed by atoms with Gasteiger partial charge in [0, 0.05) is 23.7 Å². The predicted molar refractivity (Wildman–Crippen MR) is 106 cm³/mol. The standard InChI is InChI=1S/C22H26N2O3/c1-15-12-16-6-4-5-7-18(16)24(15)21(25)23-14-22(10-11-22)17-8-9-19(26-2)20(13-17)27-3/h4-9,13,15H,10-12,14H2,1-3H3,(H,23,25). The van der Waals surface area contributed by atoms with Crippen molar-refractivity contribution in [2.24, 2.45) is 0 Å². The number of para-hydroxylation sites is 1.